The Balaban J connectivity index is 1.44. The number of pyridine rings is 1. The monoisotopic (exact) mass is 372 g/mol. The Labute approximate surface area is 159 Å². The van der Waals surface area contributed by atoms with Crippen LogP contribution in [-0.4, -0.2) is 64.5 Å². The van der Waals surface area contributed by atoms with Gasteiger partial charge in [0.05, 0.1) is 5.92 Å². The standard InChI is InChI=1S/C20H28N4O3/c1-23-13-20(6-7-20)12-16(18(25)22-27)17(23)19(26)24-10-4-15(5-11-24)14-2-8-21-9-3-14/h2-3,8-9,15-17,27H,4-7,10-13H2,1H3,(H,22,25). The lowest BCUT2D eigenvalue weighted by atomic mass is 9.79. The molecule has 7 nitrogen and oxygen atoms in total. The van der Waals surface area contributed by atoms with Crippen molar-refractivity contribution in [2.75, 3.05) is 26.7 Å². The molecule has 3 heterocycles. The zero-order valence-corrected chi connectivity index (χ0v) is 15.8. The number of hydrogen-bond donors (Lipinski definition) is 2. The SMILES string of the molecule is CN1CC2(CC2)CC(C(=O)NO)C1C(=O)N1CCC(c2ccncc2)CC1. The van der Waals surface area contributed by atoms with Crippen molar-refractivity contribution in [3.8, 4) is 0 Å². The van der Waals surface area contributed by atoms with E-state index in [0.717, 1.165) is 32.2 Å². The highest BCUT2D eigenvalue weighted by Crippen LogP contribution is 2.54. The van der Waals surface area contributed by atoms with Gasteiger partial charge in [-0.1, -0.05) is 0 Å². The van der Waals surface area contributed by atoms with Gasteiger partial charge >= 0.3 is 0 Å². The van der Waals surface area contributed by atoms with Gasteiger partial charge in [-0.2, -0.15) is 0 Å². The van der Waals surface area contributed by atoms with Crippen molar-refractivity contribution >= 4 is 11.8 Å². The quantitative estimate of drug-likeness (QED) is 0.619. The highest BCUT2D eigenvalue weighted by atomic mass is 16.5. The number of likely N-dealkylation sites (N-methyl/N-ethyl adjacent to an activating group) is 1. The lowest BCUT2D eigenvalue weighted by molar-refractivity contribution is -0.151. The number of hydrogen-bond acceptors (Lipinski definition) is 5. The van der Waals surface area contributed by atoms with Crippen molar-refractivity contribution in [1.82, 2.24) is 20.3 Å². The van der Waals surface area contributed by atoms with Crippen molar-refractivity contribution in [3.63, 3.8) is 0 Å². The number of nitrogens with zero attached hydrogens (tertiary/aromatic N) is 3. The van der Waals surface area contributed by atoms with Gasteiger partial charge in [0.2, 0.25) is 11.8 Å². The number of piperidine rings is 2. The van der Waals surface area contributed by atoms with Gasteiger partial charge in [0.15, 0.2) is 0 Å². The summed E-state index contributed by atoms with van der Waals surface area (Å²) in [6, 6.07) is 3.61. The van der Waals surface area contributed by atoms with E-state index in [1.54, 1.807) is 5.48 Å². The Hall–Kier alpha value is -1.99. The summed E-state index contributed by atoms with van der Waals surface area (Å²) in [4.78, 5) is 33.6. The van der Waals surface area contributed by atoms with Gasteiger partial charge in [0.1, 0.15) is 6.04 Å². The predicted molar refractivity (Wildman–Crippen MR) is 98.9 cm³/mol. The van der Waals surface area contributed by atoms with Gasteiger partial charge < -0.3 is 4.90 Å². The van der Waals surface area contributed by atoms with Crippen molar-refractivity contribution in [3.05, 3.63) is 30.1 Å². The molecule has 3 aliphatic rings. The zero-order valence-electron chi connectivity index (χ0n) is 15.8. The molecule has 0 aromatic carbocycles. The first-order chi connectivity index (χ1) is 13.0. The Bertz CT molecular complexity index is 698. The number of hydroxylamine groups is 1. The number of nitrogens with one attached hydrogen (secondary N) is 1. The van der Waals surface area contributed by atoms with Gasteiger partial charge in [0.25, 0.3) is 0 Å². The molecule has 7 heteroatoms. The molecule has 2 atom stereocenters. The molecule has 2 aliphatic heterocycles. The van der Waals surface area contributed by atoms with Crippen LogP contribution < -0.4 is 5.48 Å². The summed E-state index contributed by atoms with van der Waals surface area (Å²) in [5.41, 5.74) is 3.24. The molecule has 146 valence electrons. The second kappa shape index (κ2) is 7.20. The smallest absolute Gasteiger partial charge is 0.248 e. The minimum Gasteiger partial charge on any atom is -0.341 e. The summed E-state index contributed by atoms with van der Waals surface area (Å²) >= 11 is 0. The average molecular weight is 372 g/mol. The van der Waals surface area contributed by atoms with E-state index in [-0.39, 0.29) is 11.3 Å². The number of amides is 2. The Kier molecular flexibility index (Phi) is 4.90. The maximum Gasteiger partial charge on any atom is 0.248 e. The fourth-order valence-electron chi connectivity index (χ4n) is 5.05. The Morgan fingerprint density at radius 2 is 1.89 bits per heavy atom. The van der Waals surface area contributed by atoms with Crippen molar-refractivity contribution < 1.29 is 14.8 Å². The third kappa shape index (κ3) is 3.58. The average Bonchev–Trinajstić information content (AvgIpc) is 3.45. The molecule has 2 N–H and O–H groups in total. The summed E-state index contributed by atoms with van der Waals surface area (Å²) < 4.78 is 0. The van der Waals surface area contributed by atoms with Crippen LogP contribution in [0.1, 0.15) is 43.6 Å². The summed E-state index contributed by atoms with van der Waals surface area (Å²) in [6.07, 6.45) is 8.37. The lowest BCUT2D eigenvalue weighted by Crippen LogP contribution is -2.59. The second-order valence-corrected chi connectivity index (χ2v) is 8.53. The molecule has 1 aromatic heterocycles. The number of aromatic nitrogens is 1. The predicted octanol–water partition coefficient (Wildman–Crippen LogP) is 1.39. The van der Waals surface area contributed by atoms with Crippen LogP contribution in [0.2, 0.25) is 0 Å². The maximum absolute atomic E-state index is 13.3. The van der Waals surface area contributed by atoms with Crippen LogP contribution in [0.25, 0.3) is 0 Å². The maximum atomic E-state index is 13.3. The number of carbonyl (C=O) groups is 2. The summed E-state index contributed by atoms with van der Waals surface area (Å²) in [5, 5.41) is 9.19. The first kappa shape index (κ1) is 18.4. The summed E-state index contributed by atoms with van der Waals surface area (Å²) in [7, 11) is 1.93. The fraction of sp³-hybridized carbons (Fsp3) is 0.650. The fourth-order valence-corrected chi connectivity index (χ4v) is 5.05. The molecule has 2 amide bonds. The van der Waals surface area contributed by atoms with Gasteiger partial charge in [-0.3, -0.25) is 24.7 Å². The minimum absolute atomic E-state index is 0.0229. The van der Waals surface area contributed by atoms with Crippen LogP contribution in [0, 0.1) is 11.3 Å². The molecule has 3 fully saturated rings. The zero-order chi connectivity index (χ0) is 19.0. The molecule has 0 bridgehead atoms. The molecule has 2 saturated heterocycles. The normalized spacial score (nSPS) is 28.1. The van der Waals surface area contributed by atoms with Gasteiger partial charge in [-0.15, -0.1) is 0 Å². The molecule has 4 rings (SSSR count). The molecule has 1 aromatic rings. The topological polar surface area (TPSA) is 85.8 Å². The van der Waals surface area contributed by atoms with E-state index in [2.05, 4.69) is 4.98 Å². The molecule has 1 saturated carbocycles. The first-order valence-corrected chi connectivity index (χ1v) is 9.86. The van der Waals surface area contributed by atoms with Crippen molar-refractivity contribution in [1.29, 1.82) is 0 Å². The largest absolute Gasteiger partial charge is 0.341 e. The van der Waals surface area contributed by atoms with Gasteiger partial charge in [0, 0.05) is 32.0 Å². The van der Waals surface area contributed by atoms with E-state index >= 15 is 0 Å². The van der Waals surface area contributed by atoms with Crippen LogP contribution in [0.3, 0.4) is 0 Å². The Morgan fingerprint density at radius 3 is 2.48 bits per heavy atom. The summed E-state index contributed by atoms with van der Waals surface area (Å²) in [5.74, 6) is -0.443. The van der Waals surface area contributed by atoms with Gasteiger partial charge in [-0.05, 0) is 68.2 Å². The highest BCUT2D eigenvalue weighted by Gasteiger charge is 2.55. The third-order valence-corrected chi connectivity index (χ3v) is 6.73. The van der Waals surface area contributed by atoms with E-state index in [1.807, 2.05) is 41.4 Å². The van der Waals surface area contributed by atoms with E-state index in [4.69, 9.17) is 0 Å². The minimum atomic E-state index is -0.485. The first-order valence-electron chi connectivity index (χ1n) is 9.86. The van der Waals surface area contributed by atoms with Crippen LogP contribution in [0.4, 0.5) is 0 Å². The van der Waals surface area contributed by atoms with Crippen molar-refractivity contribution in [2.24, 2.45) is 11.3 Å². The molecule has 0 radical (unpaired) electrons. The van der Waals surface area contributed by atoms with Crippen LogP contribution >= 0.6 is 0 Å². The van der Waals surface area contributed by atoms with E-state index in [0.29, 0.717) is 25.4 Å². The molecular weight excluding hydrogens is 344 g/mol. The Morgan fingerprint density at radius 1 is 1.22 bits per heavy atom. The number of rotatable bonds is 3. The summed E-state index contributed by atoms with van der Waals surface area (Å²) in [6.45, 7) is 2.26. The van der Waals surface area contributed by atoms with Crippen LogP contribution in [0.15, 0.2) is 24.5 Å². The molecule has 1 aliphatic carbocycles. The lowest BCUT2D eigenvalue weighted by Gasteiger charge is -2.44. The number of likely N-dealkylation sites (tertiary alicyclic amines) is 2. The highest BCUT2D eigenvalue weighted by molar-refractivity contribution is 5.90. The molecule has 1 spiro atoms. The van der Waals surface area contributed by atoms with Crippen LogP contribution in [0.5, 0.6) is 0 Å². The molecule has 2 unspecified atom stereocenters. The van der Waals surface area contributed by atoms with Gasteiger partial charge in [-0.25, -0.2) is 5.48 Å². The van der Waals surface area contributed by atoms with E-state index < -0.39 is 17.9 Å². The van der Waals surface area contributed by atoms with Crippen molar-refractivity contribution in [2.45, 2.75) is 44.1 Å². The van der Waals surface area contributed by atoms with E-state index in [1.165, 1.54) is 5.56 Å². The van der Waals surface area contributed by atoms with Crippen LogP contribution in [-0.2, 0) is 9.59 Å². The third-order valence-electron chi connectivity index (χ3n) is 6.73. The van der Waals surface area contributed by atoms with E-state index in [9.17, 15) is 14.8 Å². The second-order valence-electron chi connectivity index (χ2n) is 8.53. The molecular formula is C20H28N4O3. The number of carbonyl (C=O) groups excluding carboxylic acids is 2. The molecule has 27 heavy (non-hydrogen) atoms.